The monoisotopic (exact) mass is 356 g/mol. The van der Waals surface area contributed by atoms with Crippen LogP contribution < -0.4 is 15.4 Å². The van der Waals surface area contributed by atoms with Crippen molar-refractivity contribution in [3.63, 3.8) is 0 Å². The Morgan fingerprint density at radius 3 is 2.28 bits per heavy atom. The number of carbonyl (C=O) groups excluding carboxylic acids is 3. The topological polar surface area (TPSA) is 84.5 Å². The molecule has 0 spiro atoms. The molecule has 7 heteroatoms. The number of rotatable bonds is 4. The van der Waals surface area contributed by atoms with E-state index in [0.717, 1.165) is 5.56 Å². The molecule has 1 aliphatic rings. The third kappa shape index (κ3) is 3.87. The number of urea groups is 1. The van der Waals surface area contributed by atoms with Gasteiger partial charge < -0.3 is 4.74 Å². The van der Waals surface area contributed by atoms with Crippen molar-refractivity contribution in [3.8, 4) is 5.75 Å². The molecule has 0 radical (unpaired) electrons. The first-order valence-corrected chi connectivity index (χ1v) is 7.76. The van der Waals surface area contributed by atoms with Crippen LogP contribution in [0.4, 0.5) is 4.79 Å². The smallest absolute Gasteiger partial charge is 0.328 e. The van der Waals surface area contributed by atoms with Crippen LogP contribution in [0, 0.1) is 0 Å². The van der Waals surface area contributed by atoms with E-state index in [4.69, 9.17) is 16.3 Å². The summed E-state index contributed by atoms with van der Waals surface area (Å²) in [5, 5.41) is 4.64. The third-order valence-electron chi connectivity index (χ3n) is 3.50. The fourth-order valence-electron chi connectivity index (χ4n) is 2.26. The van der Waals surface area contributed by atoms with E-state index in [9.17, 15) is 14.4 Å². The van der Waals surface area contributed by atoms with Gasteiger partial charge in [0.05, 0.1) is 0 Å². The average molecular weight is 357 g/mol. The Morgan fingerprint density at radius 1 is 0.920 bits per heavy atom. The summed E-state index contributed by atoms with van der Waals surface area (Å²) in [5.41, 5.74) is 1.17. The molecular formula is C18H13ClN2O4. The molecule has 25 heavy (non-hydrogen) atoms. The zero-order valence-corrected chi connectivity index (χ0v) is 13.7. The lowest BCUT2D eigenvalue weighted by molar-refractivity contribution is -0.123. The first-order valence-electron chi connectivity index (χ1n) is 7.38. The van der Waals surface area contributed by atoms with E-state index in [-0.39, 0.29) is 12.2 Å². The molecule has 2 N–H and O–H groups in total. The summed E-state index contributed by atoms with van der Waals surface area (Å²) < 4.78 is 5.78. The number of barbiturate groups is 1. The Kier molecular flexibility index (Phi) is 4.81. The number of amides is 4. The van der Waals surface area contributed by atoms with E-state index in [2.05, 4.69) is 0 Å². The number of carbonyl (C=O) groups is 3. The number of halogens is 1. The number of nitrogens with one attached hydrogen (secondary N) is 2. The minimum absolute atomic E-state index is 0.173. The number of hydrogen-bond acceptors (Lipinski definition) is 4. The molecule has 0 saturated carbocycles. The maximum atomic E-state index is 11.8. The van der Waals surface area contributed by atoms with E-state index in [1.54, 1.807) is 30.3 Å². The van der Waals surface area contributed by atoms with Gasteiger partial charge in [-0.3, -0.25) is 20.2 Å². The third-order valence-corrected chi connectivity index (χ3v) is 3.87. The zero-order chi connectivity index (χ0) is 17.8. The van der Waals surface area contributed by atoms with Gasteiger partial charge in [-0.15, -0.1) is 0 Å². The van der Waals surface area contributed by atoms with E-state index in [1.165, 1.54) is 6.08 Å². The standard InChI is InChI=1S/C18H13ClN2O4/c19-14-7-3-1-6-12(14)10-25-15-8-4-2-5-11(15)9-13-16(22)20-18(24)21-17(13)23/h1-9H,10H2,(H2,20,21,22,23,24). The molecule has 126 valence electrons. The molecular weight excluding hydrogens is 344 g/mol. The minimum atomic E-state index is -0.838. The van der Waals surface area contributed by atoms with E-state index < -0.39 is 17.8 Å². The normalized spacial score (nSPS) is 14.0. The van der Waals surface area contributed by atoms with E-state index in [0.29, 0.717) is 16.3 Å². The SMILES string of the molecule is O=C1NC(=O)C(=Cc2ccccc2OCc2ccccc2Cl)C(=O)N1. The fraction of sp³-hybridized carbons (Fsp3) is 0.0556. The number of benzene rings is 2. The lowest BCUT2D eigenvalue weighted by Gasteiger charge is -2.15. The van der Waals surface area contributed by atoms with Crippen LogP contribution in [0.5, 0.6) is 5.75 Å². The molecule has 0 aromatic heterocycles. The summed E-state index contributed by atoms with van der Waals surface area (Å²) in [5.74, 6) is -1.03. The molecule has 0 atom stereocenters. The van der Waals surface area contributed by atoms with Crippen molar-refractivity contribution in [3.05, 3.63) is 70.3 Å². The largest absolute Gasteiger partial charge is 0.488 e. The van der Waals surface area contributed by atoms with Gasteiger partial charge in [-0.1, -0.05) is 48.0 Å². The number of imide groups is 2. The summed E-state index contributed by atoms with van der Waals surface area (Å²) in [6.07, 6.45) is 1.37. The van der Waals surface area contributed by atoms with Gasteiger partial charge in [0.25, 0.3) is 11.8 Å². The van der Waals surface area contributed by atoms with Gasteiger partial charge in [-0.25, -0.2) is 4.79 Å². The van der Waals surface area contributed by atoms with Crippen molar-refractivity contribution in [2.45, 2.75) is 6.61 Å². The molecule has 4 amide bonds. The average Bonchev–Trinajstić information content (AvgIpc) is 2.58. The summed E-state index contributed by atoms with van der Waals surface area (Å²) in [7, 11) is 0. The van der Waals surface area contributed by atoms with Crippen molar-refractivity contribution in [1.29, 1.82) is 0 Å². The lowest BCUT2D eigenvalue weighted by Crippen LogP contribution is -2.51. The molecule has 2 aromatic carbocycles. The molecule has 6 nitrogen and oxygen atoms in total. The van der Waals surface area contributed by atoms with Crippen molar-refractivity contribution < 1.29 is 19.1 Å². The van der Waals surface area contributed by atoms with Crippen LogP contribution >= 0.6 is 11.6 Å². The summed E-state index contributed by atoms with van der Waals surface area (Å²) in [4.78, 5) is 34.8. The first-order chi connectivity index (χ1) is 12.0. The fourth-order valence-corrected chi connectivity index (χ4v) is 2.45. The number of para-hydroxylation sites is 1. The highest BCUT2D eigenvalue weighted by Gasteiger charge is 2.27. The van der Waals surface area contributed by atoms with Gasteiger partial charge >= 0.3 is 6.03 Å². The van der Waals surface area contributed by atoms with Crippen molar-refractivity contribution in [2.24, 2.45) is 0 Å². The quantitative estimate of drug-likeness (QED) is 0.651. The second-order valence-electron chi connectivity index (χ2n) is 5.21. The molecule has 1 fully saturated rings. The second-order valence-corrected chi connectivity index (χ2v) is 5.62. The highest BCUT2D eigenvalue weighted by molar-refractivity contribution is 6.31. The highest BCUT2D eigenvalue weighted by Crippen LogP contribution is 2.24. The molecule has 1 heterocycles. The minimum Gasteiger partial charge on any atom is -0.488 e. The number of ether oxygens (including phenoxy) is 1. The van der Waals surface area contributed by atoms with Crippen LogP contribution in [0.2, 0.25) is 5.02 Å². The predicted octanol–water partition coefficient (Wildman–Crippen LogP) is 2.67. The Hall–Kier alpha value is -3.12. The van der Waals surface area contributed by atoms with Crippen LogP contribution in [0.1, 0.15) is 11.1 Å². The number of hydrogen-bond donors (Lipinski definition) is 2. The van der Waals surface area contributed by atoms with Gasteiger partial charge in [0.2, 0.25) is 0 Å². The van der Waals surface area contributed by atoms with Crippen LogP contribution in [0.3, 0.4) is 0 Å². The van der Waals surface area contributed by atoms with Gasteiger partial charge in [0, 0.05) is 16.1 Å². The molecule has 0 bridgehead atoms. The molecule has 1 aliphatic heterocycles. The van der Waals surface area contributed by atoms with Crippen LogP contribution in [-0.2, 0) is 16.2 Å². The van der Waals surface area contributed by atoms with Gasteiger partial charge in [0.15, 0.2) is 0 Å². The highest BCUT2D eigenvalue weighted by atomic mass is 35.5. The first kappa shape index (κ1) is 16.7. The van der Waals surface area contributed by atoms with Gasteiger partial charge in [-0.05, 0) is 18.2 Å². The van der Waals surface area contributed by atoms with Crippen LogP contribution in [0.25, 0.3) is 6.08 Å². The molecule has 2 aromatic rings. The van der Waals surface area contributed by atoms with Crippen molar-refractivity contribution >= 4 is 35.5 Å². The molecule has 3 rings (SSSR count). The summed E-state index contributed by atoms with van der Waals surface area (Å²) in [6, 6.07) is 13.4. The summed E-state index contributed by atoms with van der Waals surface area (Å²) >= 11 is 6.11. The Balaban J connectivity index is 1.85. The maximum absolute atomic E-state index is 11.8. The van der Waals surface area contributed by atoms with Crippen molar-refractivity contribution in [2.75, 3.05) is 0 Å². The Labute approximate surface area is 148 Å². The molecule has 1 saturated heterocycles. The summed E-state index contributed by atoms with van der Waals surface area (Å²) in [6.45, 7) is 0.233. The van der Waals surface area contributed by atoms with Gasteiger partial charge in [0.1, 0.15) is 17.9 Å². The van der Waals surface area contributed by atoms with Crippen LogP contribution in [-0.4, -0.2) is 17.8 Å². The lowest BCUT2D eigenvalue weighted by atomic mass is 10.1. The molecule has 0 aliphatic carbocycles. The Bertz CT molecular complexity index is 870. The molecule has 0 unspecified atom stereocenters. The van der Waals surface area contributed by atoms with Gasteiger partial charge in [-0.2, -0.15) is 0 Å². The van der Waals surface area contributed by atoms with E-state index >= 15 is 0 Å². The predicted molar refractivity (Wildman–Crippen MR) is 91.9 cm³/mol. The van der Waals surface area contributed by atoms with E-state index in [1.807, 2.05) is 28.8 Å². The zero-order valence-electron chi connectivity index (χ0n) is 12.9. The van der Waals surface area contributed by atoms with Crippen LogP contribution in [0.15, 0.2) is 54.1 Å². The maximum Gasteiger partial charge on any atom is 0.328 e. The second kappa shape index (κ2) is 7.19. The Morgan fingerprint density at radius 2 is 1.56 bits per heavy atom. The van der Waals surface area contributed by atoms with Crippen molar-refractivity contribution in [1.82, 2.24) is 10.6 Å².